The third-order valence-electron chi connectivity index (χ3n) is 1.16. The van der Waals surface area contributed by atoms with Crippen molar-refractivity contribution in [3.8, 4) is 0 Å². The highest BCUT2D eigenvalue weighted by atomic mass is 16.3. The fraction of sp³-hybridized carbons (Fsp3) is 0.143. The van der Waals surface area contributed by atoms with Crippen LogP contribution in [0.25, 0.3) is 0 Å². The molecule has 0 bridgehead atoms. The molecule has 9 heavy (non-hydrogen) atoms. The average Bonchev–Trinajstić information content (AvgIpc) is 1.80. The first-order valence-corrected chi connectivity index (χ1v) is 2.67. The van der Waals surface area contributed by atoms with Crippen LogP contribution < -0.4 is 0 Å². The fourth-order valence-corrected chi connectivity index (χ4v) is 0.634. The van der Waals surface area contributed by atoms with Gasteiger partial charge in [0.15, 0.2) is 5.78 Å². The first-order chi connectivity index (χ1) is 4.20. The van der Waals surface area contributed by atoms with Crippen molar-refractivity contribution in [3.05, 3.63) is 29.9 Å². The van der Waals surface area contributed by atoms with Gasteiger partial charge in [0.2, 0.25) is 0 Å². The SMILES string of the molecule is CC1=C[C](O)C=CC1=O. The number of carbonyl (C=O) groups excluding carboxylic acids is 1. The van der Waals surface area contributed by atoms with Gasteiger partial charge >= 0.3 is 0 Å². The monoisotopic (exact) mass is 123 g/mol. The summed E-state index contributed by atoms with van der Waals surface area (Å²) >= 11 is 0. The number of allylic oxidation sites excluding steroid dienone is 2. The quantitative estimate of drug-likeness (QED) is 0.521. The summed E-state index contributed by atoms with van der Waals surface area (Å²) in [6.45, 7) is 1.67. The van der Waals surface area contributed by atoms with Gasteiger partial charge in [0.05, 0.1) is 0 Å². The van der Waals surface area contributed by atoms with Crippen molar-refractivity contribution in [2.24, 2.45) is 0 Å². The van der Waals surface area contributed by atoms with E-state index in [1.165, 1.54) is 18.2 Å². The fourth-order valence-electron chi connectivity index (χ4n) is 0.634. The Morgan fingerprint density at radius 1 is 1.44 bits per heavy atom. The lowest BCUT2D eigenvalue weighted by Gasteiger charge is -2.03. The Hall–Kier alpha value is -0.890. The van der Waals surface area contributed by atoms with Crippen LogP contribution in [0.2, 0.25) is 0 Å². The molecule has 1 N–H and O–H groups in total. The van der Waals surface area contributed by atoms with E-state index in [1.54, 1.807) is 6.92 Å². The molecule has 0 saturated carbocycles. The summed E-state index contributed by atoms with van der Waals surface area (Å²) in [5.74, 6) is -0.0344. The van der Waals surface area contributed by atoms with Gasteiger partial charge in [-0.25, -0.2) is 0 Å². The normalized spacial score (nSPS) is 20.2. The Labute approximate surface area is 53.5 Å². The summed E-state index contributed by atoms with van der Waals surface area (Å²) in [5, 5.41) is 8.80. The smallest absolute Gasteiger partial charge is 0.181 e. The third kappa shape index (κ3) is 1.27. The second-order valence-corrected chi connectivity index (χ2v) is 1.95. The maximum absolute atomic E-state index is 10.7. The van der Waals surface area contributed by atoms with Crippen LogP contribution in [0.15, 0.2) is 23.8 Å². The van der Waals surface area contributed by atoms with Crippen LogP contribution in [0.4, 0.5) is 0 Å². The molecular weight excluding hydrogens is 116 g/mol. The Kier molecular flexibility index (Phi) is 1.49. The second-order valence-electron chi connectivity index (χ2n) is 1.95. The first kappa shape index (κ1) is 6.23. The predicted octanol–water partition coefficient (Wildman–Crippen LogP) is 0.976. The van der Waals surface area contributed by atoms with E-state index in [0.717, 1.165) is 0 Å². The van der Waals surface area contributed by atoms with Gasteiger partial charge in [0.25, 0.3) is 0 Å². The van der Waals surface area contributed by atoms with Crippen molar-refractivity contribution in [2.45, 2.75) is 6.92 Å². The van der Waals surface area contributed by atoms with E-state index in [9.17, 15) is 4.79 Å². The van der Waals surface area contributed by atoms with Crippen molar-refractivity contribution in [3.63, 3.8) is 0 Å². The molecular formula is C7H7O2. The number of carbonyl (C=O) groups is 1. The lowest BCUT2D eigenvalue weighted by molar-refractivity contribution is -0.111. The molecule has 2 nitrogen and oxygen atoms in total. The Balaban J connectivity index is 2.82. The highest BCUT2D eigenvalue weighted by Gasteiger charge is 2.08. The van der Waals surface area contributed by atoms with E-state index in [2.05, 4.69) is 0 Å². The number of aliphatic hydroxyl groups excluding tert-OH is 1. The summed E-state index contributed by atoms with van der Waals surface area (Å²) in [4.78, 5) is 10.7. The number of ketones is 1. The van der Waals surface area contributed by atoms with Gasteiger partial charge in [0, 0.05) is 0 Å². The molecule has 0 unspecified atom stereocenters. The minimum atomic E-state index is -0.0344. The maximum atomic E-state index is 10.7. The molecule has 0 atom stereocenters. The van der Waals surface area contributed by atoms with Gasteiger partial charge in [-0.05, 0) is 30.7 Å². The number of hydrogen-bond acceptors (Lipinski definition) is 2. The number of hydrogen-bond donors (Lipinski definition) is 1. The highest BCUT2D eigenvalue weighted by molar-refractivity contribution is 6.05. The molecule has 0 aliphatic heterocycles. The van der Waals surface area contributed by atoms with E-state index in [1.807, 2.05) is 0 Å². The zero-order valence-corrected chi connectivity index (χ0v) is 5.09. The summed E-state index contributed by atoms with van der Waals surface area (Å²) in [6.07, 6.45) is 4.33. The van der Waals surface area contributed by atoms with E-state index in [0.29, 0.717) is 5.57 Å². The van der Waals surface area contributed by atoms with E-state index in [-0.39, 0.29) is 11.9 Å². The first-order valence-electron chi connectivity index (χ1n) is 2.67. The van der Waals surface area contributed by atoms with Crippen LogP contribution in [0.1, 0.15) is 6.92 Å². The molecule has 1 rings (SSSR count). The van der Waals surface area contributed by atoms with Gasteiger partial charge in [0.1, 0.15) is 6.10 Å². The van der Waals surface area contributed by atoms with Crippen LogP contribution in [0.5, 0.6) is 0 Å². The summed E-state index contributed by atoms with van der Waals surface area (Å²) in [6, 6.07) is 0. The van der Waals surface area contributed by atoms with Crippen molar-refractivity contribution < 1.29 is 9.90 Å². The lowest BCUT2D eigenvalue weighted by Crippen LogP contribution is -2.03. The van der Waals surface area contributed by atoms with Gasteiger partial charge < -0.3 is 5.11 Å². The molecule has 0 amide bonds. The standard InChI is InChI=1S/C7H7O2/c1-5-4-6(8)2-3-7(5)9/h2-4,8H,1H3. The van der Waals surface area contributed by atoms with E-state index < -0.39 is 0 Å². The van der Waals surface area contributed by atoms with Crippen LogP contribution in [0, 0.1) is 6.10 Å². The molecule has 0 aromatic carbocycles. The van der Waals surface area contributed by atoms with E-state index in [4.69, 9.17) is 5.11 Å². The Bertz CT molecular complexity index is 189. The molecule has 0 saturated heterocycles. The highest BCUT2D eigenvalue weighted by Crippen LogP contribution is 2.11. The largest absolute Gasteiger partial charge is 0.378 e. The minimum absolute atomic E-state index is 0.0344. The second kappa shape index (κ2) is 2.15. The van der Waals surface area contributed by atoms with Gasteiger partial charge in [-0.3, -0.25) is 4.79 Å². The topological polar surface area (TPSA) is 37.3 Å². The lowest BCUT2D eigenvalue weighted by atomic mass is 10.1. The number of aliphatic hydroxyl groups is 1. The summed E-state index contributed by atoms with van der Waals surface area (Å²) < 4.78 is 0. The molecule has 0 aromatic heterocycles. The molecule has 0 fully saturated rings. The van der Waals surface area contributed by atoms with Crippen molar-refractivity contribution in [1.82, 2.24) is 0 Å². The molecule has 47 valence electrons. The maximum Gasteiger partial charge on any atom is 0.181 e. The number of rotatable bonds is 0. The molecule has 0 aromatic rings. The van der Waals surface area contributed by atoms with Gasteiger partial charge in [-0.1, -0.05) is 0 Å². The van der Waals surface area contributed by atoms with Crippen LogP contribution in [-0.4, -0.2) is 10.9 Å². The van der Waals surface area contributed by atoms with Crippen molar-refractivity contribution >= 4 is 5.78 Å². The average molecular weight is 123 g/mol. The van der Waals surface area contributed by atoms with Crippen LogP contribution in [0.3, 0.4) is 0 Å². The predicted molar refractivity (Wildman–Crippen MR) is 33.1 cm³/mol. The zero-order chi connectivity index (χ0) is 6.85. The van der Waals surface area contributed by atoms with E-state index >= 15 is 0 Å². The van der Waals surface area contributed by atoms with Crippen molar-refractivity contribution in [1.29, 1.82) is 0 Å². The molecule has 2 heteroatoms. The van der Waals surface area contributed by atoms with Crippen molar-refractivity contribution in [2.75, 3.05) is 0 Å². The molecule has 0 heterocycles. The minimum Gasteiger partial charge on any atom is -0.378 e. The van der Waals surface area contributed by atoms with Crippen LogP contribution in [-0.2, 0) is 4.79 Å². The Morgan fingerprint density at radius 2 is 2.11 bits per heavy atom. The molecule has 1 aliphatic rings. The molecule has 0 spiro atoms. The zero-order valence-electron chi connectivity index (χ0n) is 5.09. The summed E-state index contributed by atoms with van der Waals surface area (Å²) in [5.41, 5.74) is 0.579. The third-order valence-corrected chi connectivity index (χ3v) is 1.16. The van der Waals surface area contributed by atoms with Gasteiger partial charge in [-0.15, -0.1) is 0 Å². The molecule has 1 radical (unpaired) electrons. The summed E-state index contributed by atoms with van der Waals surface area (Å²) in [7, 11) is 0. The Morgan fingerprint density at radius 3 is 2.56 bits per heavy atom. The van der Waals surface area contributed by atoms with Crippen LogP contribution >= 0.6 is 0 Å². The molecule has 1 aliphatic carbocycles. The van der Waals surface area contributed by atoms with Gasteiger partial charge in [-0.2, -0.15) is 0 Å².